The number of hydrogen-bond donors (Lipinski definition) is 0. The lowest BCUT2D eigenvalue weighted by atomic mass is 10.2. The monoisotopic (exact) mass is 371 g/mol. The highest BCUT2D eigenvalue weighted by Gasteiger charge is 2.17. The highest BCUT2D eigenvalue weighted by Crippen LogP contribution is 2.23. The summed E-state index contributed by atoms with van der Waals surface area (Å²) in [6.45, 7) is 1.86. The lowest BCUT2D eigenvalue weighted by Crippen LogP contribution is -2.10. The van der Waals surface area contributed by atoms with Gasteiger partial charge in [-0.25, -0.2) is 19.7 Å². The highest BCUT2D eigenvalue weighted by atomic mass is 16.5. The fourth-order valence-corrected chi connectivity index (χ4v) is 2.70. The van der Waals surface area contributed by atoms with Crippen LogP contribution < -0.4 is 4.74 Å². The summed E-state index contributed by atoms with van der Waals surface area (Å²) in [6, 6.07) is 20.0. The summed E-state index contributed by atoms with van der Waals surface area (Å²) in [4.78, 5) is 25.8. The van der Waals surface area contributed by atoms with Crippen LogP contribution in [0.15, 0.2) is 72.9 Å². The maximum absolute atomic E-state index is 12.6. The molecule has 0 unspecified atom stereocenters. The first kappa shape index (κ1) is 17.6. The van der Waals surface area contributed by atoms with Gasteiger partial charge < -0.3 is 9.47 Å². The second-order valence-electron chi connectivity index (χ2n) is 6.09. The van der Waals surface area contributed by atoms with E-state index in [1.54, 1.807) is 30.5 Å². The smallest absolute Gasteiger partial charge is 0.344 e. The van der Waals surface area contributed by atoms with Crippen molar-refractivity contribution in [1.82, 2.24) is 15.0 Å². The van der Waals surface area contributed by atoms with Crippen LogP contribution in [0.2, 0.25) is 0 Å². The molecule has 6 heteroatoms. The van der Waals surface area contributed by atoms with Gasteiger partial charge in [0, 0.05) is 6.20 Å². The molecular formula is C22H17N3O3. The largest absolute Gasteiger partial charge is 0.455 e. The van der Waals surface area contributed by atoms with Gasteiger partial charge in [0.2, 0.25) is 5.88 Å². The number of rotatable bonds is 5. The average Bonchev–Trinajstić information content (AvgIpc) is 2.73. The van der Waals surface area contributed by atoms with E-state index in [1.807, 2.05) is 49.4 Å². The predicted molar refractivity (Wildman–Crippen MR) is 104 cm³/mol. The average molecular weight is 371 g/mol. The minimum Gasteiger partial charge on any atom is -0.455 e. The topological polar surface area (TPSA) is 74.2 Å². The Kier molecular flexibility index (Phi) is 4.93. The zero-order valence-electron chi connectivity index (χ0n) is 15.2. The van der Waals surface area contributed by atoms with Gasteiger partial charge in [-0.05, 0) is 43.3 Å². The number of esters is 1. The maximum Gasteiger partial charge on any atom is 0.344 e. The number of para-hydroxylation sites is 3. The Balaban J connectivity index is 1.52. The molecule has 0 radical (unpaired) electrons. The summed E-state index contributed by atoms with van der Waals surface area (Å²) >= 11 is 0. The number of hydrogen-bond acceptors (Lipinski definition) is 6. The fourth-order valence-electron chi connectivity index (χ4n) is 2.70. The Labute approximate surface area is 161 Å². The van der Waals surface area contributed by atoms with E-state index in [9.17, 15) is 4.79 Å². The van der Waals surface area contributed by atoms with Crippen molar-refractivity contribution in [3.63, 3.8) is 0 Å². The van der Waals surface area contributed by atoms with Crippen LogP contribution in [0.4, 0.5) is 0 Å². The first-order valence-corrected chi connectivity index (χ1v) is 8.78. The summed E-state index contributed by atoms with van der Waals surface area (Å²) in [5.74, 6) is 0.250. The van der Waals surface area contributed by atoms with Gasteiger partial charge in [0.05, 0.1) is 22.4 Å². The number of fused-ring (bicyclic) bond motifs is 1. The fraction of sp³-hybridized carbons (Fsp3) is 0.0909. The molecular weight excluding hydrogens is 354 g/mol. The molecule has 4 aromatic rings. The zero-order valence-corrected chi connectivity index (χ0v) is 15.2. The molecule has 0 amide bonds. The van der Waals surface area contributed by atoms with Crippen LogP contribution in [-0.4, -0.2) is 20.9 Å². The van der Waals surface area contributed by atoms with Crippen LogP contribution >= 0.6 is 0 Å². The summed E-state index contributed by atoms with van der Waals surface area (Å²) < 4.78 is 11.2. The Bertz CT molecular complexity index is 1130. The standard InChI is InChI=1S/C22H17N3O3/c1-15-20(25-19-12-6-5-11-18(19)24-15)14-27-22(26)17-10-7-13-23-21(17)28-16-8-3-2-4-9-16/h2-13H,14H2,1H3. The number of benzene rings is 2. The zero-order chi connectivity index (χ0) is 19.3. The molecule has 0 N–H and O–H groups in total. The third kappa shape index (κ3) is 3.81. The quantitative estimate of drug-likeness (QED) is 0.482. The molecule has 0 spiro atoms. The Morgan fingerprint density at radius 2 is 1.61 bits per heavy atom. The molecule has 0 saturated carbocycles. The molecule has 0 fully saturated rings. The van der Waals surface area contributed by atoms with Crippen LogP contribution in [0.5, 0.6) is 11.6 Å². The van der Waals surface area contributed by atoms with Crippen molar-refractivity contribution in [2.45, 2.75) is 13.5 Å². The summed E-state index contributed by atoms with van der Waals surface area (Å²) in [6.07, 6.45) is 1.56. The first-order chi connectivity index (χ1) is 13.7. The van der Waals surface area contributed by atoms with Crippen LogP contribution in [-0.2, 0) is 11.3 Å². The van der Waals surface area contributed by atoms with Gasteiger partial charge in [-0.3, -0.25) is 0 Å². The second-order valence-corrected chi connectivity index (χ2v) is 6.09. The van der Waals surface area contributed by atoms with Gasteiger partial charge in [-0.1, -0.05) is 30.3 Å². The molecule has 28 heavy (non-hydrogen) atoms. The molecule has 4 rings (SSSR count). The van der Waals surface area contributed by atoms with E-state index in [4.69, 9.17) is 9.47 Å². The summed E-state index contributed by atoms with van der Waals surface area (Å²) in [5.41, 5.74) is 3.15. The number of aryl methyl sites for hydroxylation is 1. The van der Waals surface area contributed by atoms with E-state index < -0.39 is 5.97 Å². The highest BCUT2D eigenvalue weighted by molar-refractivity contribution is 5.91. The Morgan fingerprint density at radius 3 is 2.39 bits per heavy atom. The van der Waals surface area contributed by atoms with Gasteiger partial charge in [-0.2, -0.15) is 0 Å². The lowest BCUT2D eigenvalue weighted by molar-refractivity contribution is 0.0463. The van der Waals surface area contributed by atoms with E-state index in [0.717, 1.165) is 16.7 Å². The van der Waals surface area contributed by atoms with Crippen LogP contribution in [0.3, 0.4) is 0 Å². The SMILES string of the molecule is Cc1nc2ccccc2nc1COC(=O)c1cccnc1Oc1ccccc1. The molecule has 2 heterocycles. The first-order valence-electron chi connectivity index (χ1n) is 8.78. The number of pyridine rings is 1. The van der Waals surface area contributed by atoms with Crippen molar-refractivity contribution >= 4 is 17.0 Å². The minimum absolute atomic E-state index is 0.0160. The molecule has 0 aliphatic carbocycles. The Morgan fingerprint density at radius 1 is 0.893 bits per heavy atom. The number of carbonyl (C=O) groups is 1. The molecule has 138 valence electrons. The van der Waals surface area contributed by atoms with Gasteiger partial charge >= 0.3 is 5.97 Å². The van der Waals surface area contributed by atoms with Crippen LogP contribution in [0, 0.1) is 6.92 Å². The van der Waals surface area contributed by atoms with Crippen molar-refractivity contribution in [3.8, 4) is 11.6 Å². The van der Waals surface area contributed by atoms with Crippen molar-refractivity contribution in [3.05, 3.63) is 89.9 Å². The molecule has 6 nitrogen and oxygen atoms in total. The number of nitrogens with zero attached hydrogens (tertiary/aromatic N) is 3. The van der Waals surface area contributed by atoms with Gasteiger partial charge in [0.15, 0.2) is 0 Å². The van der Waals surface area contributed by atoms with Crippen molar-refractivity contribution in [2.24, 2.45) is 0 Å². The maximum atomic E-state index is 12.6. The van der Waals surface area contributed by atoms with E-state index in [-0.39, 0.29) is 18.1 Å². The molecule has 0 bridgehead atoms. The van der Waals surface area contributed by atoms with Crippen molar-refractivity contribution in [2.75, 3.05) is 0 Å². The second kappa shape index (κ2) is 7.84. The number of aromatic nitrogens is 3. The van der Waals surface area contributed by atoms with E-state index >= 15 is 0 Å². The molecule has 0 aliphatic rings. The van der Waals surface area contributed by atoms with Crippen LogP contribution in [0.25, 0.3) is 11.0 Å². The number of ether oxygens (including phenoxy) is 2. The van der Waals surface area contributed by atoms with Crippen molar-refractivity contribution in [1.29, 1.82) is 0 Å². The normalized spacial score (nSPS) is 10.6. The van der Waals surface area contributed by atoms with E-state index in [1.165, 1.54) is 0 Å². The van der Waals surface area contributed by atoms with E-state index in [2.05, 4.69) is 15.0 Å². The molecule has 0 atom stereocenters. The predicted octanol–water partition coefficient (Wildman–Crippen LogP) is 4.48. The molecule has 0 saturated heterocycles. The van der Waals surface area contributed by atoms with Gasteiger partial charge in [0.25, 0.3) is 0 Å². The lowest BCUT2D eigenvalue weighted by Gasteiger charge is -2.11. The molecule has 2 aromatic carbocycles. The van der Waals surface area contributed by atoms with Gasteiger partial charge in [-0.15, -0.1) is 0 Å². The third-order valence-electron chi connectivity index (χ3n) is 4.13. The third-order valence-corrected chi connectivity index (χ3v) is 4.13. The summed E-state index contributed by atoms with van der Waals surface area (Å²) in [5, 5.41) is 0. The molecule has 2 aromatic heterocycles. The van der Waals surface area contributed by atoms with Gasteiger partial charge in [0.1, 0.15) is 17.9 Å². The summed E-state index contributed by atoms with van der Waals surface area (Å²) in [7, 11) is 0. The van der Waals surface area contributed by atoms with E-state index in [0.29, 0.717) is 11.4 Å². The minimum atomic E-state index is -0.534. The molecule has 0 aliphatic heterocycles. The van der Waals surface area contributed by atoms with Crippen molar-refractivity contribution < 1.29 is 14.3 Å². The Hall–Kier alpha value is -3.80. The van der Waals surface area contributed by atoms with Crippen LogP contribution in [0.1, 0.15) is 21.7 Å². The number of carbonyl (C=O) groups excluding carboxylic acids is 1.